The van der Waals surface area contributed by atoms with Crippen molar-refractivity contribution in [1.82, 2.24) is 5.32 Å². The van der Waals surface area contributed by atoms with Crippen LogP contribution in [-0.4, -0.2) is 41.6 Å². The Morgan fingerprint density at radius 3 is 1.69 bits per heavy atom. The molecule has 0 aromatic carbocycles. The minimum absolute atomic E-state index is 0.0847. The summed E-state index contributed by atoms with van der Waals surface area (Å²) < 4.78 is 5.92. The average Bonchev–Trinajstić information content (AvgIpc) is 3.08. The van der Waals surface area contributed by atoms with Crippen molar-refractivity contribution in [2.75, 3.05) is 6.54 Å². The molecule has 0 aliphatic rings. The van der Waals surface area contributed by atoms with E-state index in [1.54, 1.807) is 0 Å². The number of carbonyl (C=O) groups is 3. The summed E-state index contributed by atoms with van der Waals surface area (Å²) in [7, 11) is 0. The van der Waals surface area contributed by atoms with Gasteiger partial charge in [-0.05, 0) is 96.1 Å². The van der Waals surface area contributed by atoms with Crippen molar-refractivity contribution in [3.63, 3.8) is 0 Å². The quantitative estimate of drug-likeness (QED) is 0.0342. The molecular weight excluding hydrogens is 612 g/mol. The van der Waals surface area contributed by atoms with E-state index in [4.69, 9.17) is 10.5 Å². The number of esters is 1. The van der Waals surface area contributed by atoms with Gasteiger partial charge in [-0.2, -0.15) is 0 Å². The molecule has 7 heteroatoms. The molecule has 0 fully saturated rings. The van der Waals surface area contributed by atoms with E-state index >= 15 is 0 Å². The van der Waals surface area contributed by atoms with E-state index in [1.165, 1.54) is 83.5 Å². The van der Waals surface area contributed by atoms with Gasteiger partial charge in [0.05, 0.1) is 0 Å². The van der Waals surface area contributed by atoms with Crippen LogP contribution in [0.3, 0.4) is 0 Å². The topological polar surface area (TPSA) is 119 Å². The van der Waals surface area contributed by atoms with Crippen molar-refractivity contribution in [2.45, 2.75) is 206 Å². The number of carbonyl (C=O) groups excluding carboxylic acids is 2. The number of rotatable bonds is 36. The van der Waals surface area contributed by atoms with Gasteiger partial charge in [0.25, 0.3) is 0 Å². The van der Waals surface area contributed by atoms with Gasteiger partial charge < -0.3 is 20.9 Å². The molecule has 0 saturated carbocycles. The maximum atomic E-state index is 12.7. The second-order valence-corrected chi connectivity index (χ2v) is 13.7. The van der Waals surface area contributed by atoms with Crippen molar-refractivity contribution >= 4 is 17.8 Å². The molecule has 0 rings (SSSR count). The normalized spacial score (nSPS) is 13.0. The highest BCUT2D eigenvalue weighted by Crippen LogP contribution is 2.15. The summed E-state index contributed by atoms with van der Waals surface area (Å²) in [6.07, 6.45) is 42.0. The highest BCUT2D eigenvalue weighted by atomic mass is 16.5. The van der Waals surface area contributed by atoms with Crippen LogP contribution >= 0.6 is 0 Å². The molecule has 0 radical (unpaired) electrons. The Morgan fingerprint density at radius 2 is 1.12 bits per heavy atom. The molecule has 0 spiro atoms. The van der Waals surface area contributed by atoms with Crippen molar-refractivity contribution < 1.29 is 24.2 Å². The van der Waals surface area contributed by atoms with E-state index in [0.29, 0.717) is 32.2 Å². The van der Waals surface area contributed by atoms with Gasteiger partial charge in [-0.3, -0.25) is 9.59 Å². The third kappa shape index (κ3) is 33.8. The molecule has 0 aromatic heterocycles. The summed E-state index contributed by atoms with van der Waals surface area (Å²) in [6, 6.07) is -0.856. The molecule has 0 aliphatic heterocycles. The fourth-order valence-corrected chi connectivity index (χ4v) is 5.80. The molecule has 0 saturated heterocycles. The van der Waals surface area contributed by atoms with Crippen LogP contribution in [0.5, 0.6) is 0 Å². The maximum Gasteiger partial charge on any atom is 0.326 e. The summed E-state index contributed by atoms with van der Waals surface area (Å²) in [4.78, 5) is 36.1. The first-order valence-corrected chi connectivity index (χ1v) is 20.3. The fraction of sp³-hybridized carbons (Fsp3) is 0.786. The van der Waals surface area contributed by atoms with E-state index in [0.717, 1.165) is 70.6 Å². The number of unbranched alkanes of at least 4 members (excludes halogenated alkanes) is 18. The second kappa shape index (κ2) is 36.9. The van der Waals surface area contributed by atoms with Crippen LogP contribution in [0, 0.1) is 0 Å². The summed E-state index contributed by atoms with van der Waals surface area (Å²) in [5, 5.41) is 11.9. The number of hydrogen-bond acceptors (Lipinski definition) is 5. The Bertz CT molecular complexity index is 869. The van der Waals surface area contributed by atoms with Crippen LogP contribution in [-0.2, 0) is 19.1 Å². The monoisotopic (exact) mass is 689 g/mol. The van der Waals surface area contributed by atoms with E-state index in [9.17, 15) is 19.5 Å². The zero-order valence-electron chi connectivity index (χ0n) is 31.8. The molecule has 284 valence electrons. The molecule has 0 aromatic rings. The van der Waals surface area contributed by atoms with Crippen molar-refractivity contribution in [2.24, 2.45) is 5.73 Å². The lowest BCUT2D eigenvalue weighted by molar-refractivity contribution is -0.147. The molecule has 1 amide bonds. The van der Waals surface area contributed by atoms with Gasteiger partial charge >= 0.3 is 11.9 Å². The Hall–Kier alpha value is -2.41. The molecule has 2 unspecified atom stereocenters. The number of hydrogen-bond donors (Lipinski definition) is 3. The van der Waals surface area contributed by atoms with Gasteiger partial charge in [-0.15, -0.1) is 0 Å². The summed E-state index contributed by atoms with van der Waals surface area (Å²) in [5.41, 5.74) is 5.47. The Morgan fingerprint density at radius 1 is 0.612 bits per heavy atom. The predicted molar refractivity (Wildman–Crippen MR) is 207 cm³/mol. The zero-order chi connectivity index (χ0) is 36.0. The third-order valence-electron chi connectivity index (χ3n) is 8.91. The number of amides is 1. The first-order chi connectivity index (χ1) is 23.9. The van der Waals surface area contributed by atoms with Gasteiger partial charge in [-0.25, -0.2) is 4.79 Å². The van der Waals surface area contributed by atoms with E-state index in [-0.39, 0.29) is 18.0 Å². The lowest BCUT2D eigenvalue weighted by Crippen LogP contribution is -2.40. The highest BCUT2D eigenvalue weighted by molar-refractivity contribution is 5.83. The second-order valence-electron chi connectivity index (χ2n) is 13.7. The molecule has 0 heterocycles. The summed E-state index contributed by atoms with van der Waals surface area (Å²) in [5.74, 6) is -1.30. The summed E-state index contributed by atoms with van der Waals surface area (Å²) >= 11 is 0. The fourth-order valence-electron chi connectivity index (χ4n) is 5.80. The van der Waals surface area contributed by atoms with E-state index in [1.807, 2.05) is 0 Å². The molecule has 49 heavy (non-hydrogen) atoms. The van der Waals surface area contributed by atoms with E-state index < -0.39 is 12.0 Å². The highest BCUT2D eigenvalue weighted by Gasteiger charge is 2.18. The smallest absolute Gasteiger partial charge is 0.326 e. The zero-order valence-corrected chi connectivity index (χ0v) is 31.8. The number of allylic oxidation sites excluding steroid dienone is 5. The van der Waals surface area contributed by atoms with Crippen LogP contribution < -0.4 is 11.1 Å². The van der Waals surface area contributed by atoms with Crippen LogP contribution in [0.2, 0.25) is 0 Å². The minimum Gasteiger partial charge on any atom is -0.480 e. The predicted octanol–water partition coefficient (Wildman–Crippen LogP) is 11.1. The van der Waals surface area contributed by atoms with Gasteiger partial charge in [0, 0.05) is 12.8 Å². The number of carboxylic acid groups (broad SMARTS) is 1. The van der Waals surface area contributed by atoms with Crippen LogP contribution in [0.1, 0.15) is 194 Å². The molecule has 0 bridgehead atoms. The molecular formula is C42H76N2O5. The van der Waals surface area contributed by atoms with Crippen LogP contribution in [0.15, 0.2) is 36.5 Å². The number of nitrogens with two attached hydrogens (primary N) is 1. The van der Waals surface area contributed by atoms with Gasteiger partial charge in [0.2, 0.25) is 5.91 Å². The average molecular weight is 689 g/mol. The van der Waals surface area contributed by atoms with Crippen molar-refractivity contribution in [1.29, 1.82) is 0 Å². The lowest BCUT2D eigenvalue weighted by atomic mass is 10.0. The molecule has 4 N–H and O–H groups in total. The molecule has 2 atom stereocenters. The molecule has 7 nitrogen and oxygen atoms in total. The Balaban J connectivity index is 4.35. The maximum absolute atomic E-state index is 12.7. The SMILES string of the molecule is CCCCCC/C=C\C/C=C\C(CCCCCCCCC(=O)NC(CCCN)C(=O)O)OC(=O)CCCCCCC/C=C\CCCCCC. The van der Waals surface area contributed by atoms with Gasteiger partial charge in [0.1, 0.15) is 12.1 Å². The van der Waals surface area contributed by atoms with Gasteiger partial charge in [-0.1, -0.05) is 128 Å². The standard InChI is InChI=1S/C42H76N2O5/c1-3-5-7-9-11-13-14-15-16-18-20-26-30-36-41(46)49-38(32-27-23-19-17-12-10-8-6-4-2)33-28-24-21-22-25-29-35-40(45)44-39(42(47)48)34-31-37-43/h13-14,17,19,27,32,38-39H,3-12,15-16,18,20-26,28-31,33-37,43H2,1-2H3,(H,44,45)(H,47,48)/b14-13-,19-17-,32-27-. The lowest BCUT2D eigenvalue weighted by Gasteiger charge is -2.15. The van der Waals surface area contributed by atoms with Crippen LogP contribution in [0.4, 0.5) is 0 Å². The number of carboxylic acids is 1. The first-order valence-electron chi connectivity index (χ1n) is 20.3. The summed E-state index contributed by atoms with van der Waals surface area (Å²) in [6.45, 7) is 4.90. The Kier molecular flexibility index (Phi) is 35.0. The molecule has 0 aliphatic carbocycles. The third-order valence-corrected chi connectivity index (χ3v) is 8.91. The minimum atomic E-state index is -1.01. The number of ether oxygens (including phenoxy) is 1. The van der Waals surface area contributed by atoms with Gasteiger partial charge in [0.15, 0.2) is 0 Å². The number of nitrogens with one attached hydrogen (secondary N) is 1. The van der Waals surface area contributed by atoms with E-state index in [2.05, 4.69) is 55.6 Å². The van der Waals surface area contributed by atoms with Crippen LogP contribution in [0.25, 0.3) is 0 Å². The number of aliphatic carboxylic acids is 1. The largest absolute Gasteiger partial charge is 0.480 e. The first kappa shape index (κ1) is 46.6. The van der Waals surface area contributed by atoms with Crippen molar-refractivity contribution in [3.05, 3.63) is 36.5 Å². The Labute approximate surface area is 301 Å². The van der Waals surface area contributed by atoms with Crippen molar-refractivity contribution in [3.8, 4) is 0 Å².